The summed E-state index contributed by atoms with van der Waals surface area (Å²) in [4.78, 5) is 0. The fourth-order valence-corrected chi connectivity index (χ4v) is 4.65. The van der Waals surface area contributed by atoms with Crippen LogP contribution in [0.4, 0.5) is 5.69 Å². The molecule has 0 bridgehead atoms. The van der Waals surface area contributed by atoms with E-state index in [1.54, 1.807) is 18.2 Å². The van der Waals surface area contributed by atoms with Crippen molar-refractivity contribution >= 4 is 15.7 Å². The molecule has 0 radical (unpaired) electrons. The molecule has 0 fully saturated rings. The van der Waals surface area contributed by atoms with Gasteiger partial charge in [-0.25, -0.2) is 8.42 Å². The minimum atomic E-state index is -3.58. The van der Waals surface area contributed by atoms with Gasteiger partial charge < -0.3 is 25.0 Å². The number of rotatable bonds is 14. The number of sulfonamides is 1. The van der Waals surface area contributed by atoms with E-state index in [2.05, 4.69) is 10.0 Å². The summed E-state index contributed by atoms with van der Waals surface area (Å²) in [6.07, 6.45) is 0.659. The van der Waals surface area contributed by atoms with Crippen LogP contribution in [0.25, 0.3) is 0 Å². The second-order valence-electron chi connectivity index (χ2n) is 9.47. The van der Waals surface area contributed by atoms with Crippen LogP contribution < -0.4 is 19.5 Å². The van der Waals surface area contributed by atoms with Crippen molar-refractivity contribution in [2.75, 3.05) is 24.1 Å². The van der Waals surface area contributed by atoms with Gasteiger partial charge in [-0.05, 0) is 59.5 Å². The average molecular weight is 563 g/mol. The van der Waals surface area contributed by atoms with Crippen molar-refractivity contribution in [3.05, 3.63) is 120 Å². The summed E-state index contributed by atoms with van der Waals surface area (Å²) in [6, 6.07) is 31.3. The molecule has 9 heteroatoms. The fraction of sp³-hybridized carbons (Fsp3) is 0.226. The first-order valence-corrected chi connectivity index (χ1v) is 14.8. The molecule has 0 amide bonds. The van der Waals surface area contributed by atoms with Crippen LogP contribution in [-0.4, -0.2) is 44.1 Å². The van der Waals surface area contributed by atoms with Crippen LogP contribution in [0.15, 0.2) is 103 Å². The highest BCUT2D eigenvalue weighted by Crippen LogP contribution is 2.30. The Morgan fingerprint density at radius 3 is 2.12 bits per heavy atom. The van der Waals surface area contributed by atoms with Gasteiger partial charge in [-0.15, -0.1) is 0 Å². The Hall–Kier alpha value is -3.89. The third kappa shape index (κ3) is 9.10. The smallest absolute Gasteiger partial charge is 0.229 e. The van der Waals surface area contributed by atoms with Crippen molar-refractivity contribution in [2.24, 2.45) is 0 Å². The molecule has 2 atom stereocenters. The highest BCUT2D eigenvalue weighted by atomic mass is 32.2. The lowest BCUT2D eigenvalue weighted by Crippen LogP contribution is -2.37. The zero-order valence-electron chi connectivity index (χ0n) is 22.2. The van der Waals surface area contributed by atoms with Crippen molar-refractivity contribution in [3.63, 3.8) is 0 Å². The Bertz CT molecular complexity index is 1450. The maximum Gasteiger partial charge on any atom is 0.229 e. The molecular formula is C31H34N2O6S. The number of anilines is 1. The van der Waals surface area contributed by atoms with Crippen LogP contribution in [0.2, 0.25) is 0 Å². The summed E-state index contributed by atoms with van der Waals surface area (Å²) < 4.78 is 38.1. The van der Waals surface area contributed by atoms with Gasteiger partial charge in [-0.1, -0.05) is 66.7 Å². The molecular weight excluding hydrogens is 528 g/mol. The number of ether oxygens (including phenoxy) is 2. The topological polar surface area (TPSA) is 117 Å². The average Bonchev–Trinajstić information content (AvgIpc) is 2.95. The van der Waals surface area contributed by atoms with Crippen LogP contribution in [0.5, 0.6) is 17.2 Å². The molecule has 0 heterocycles. The molecule has 0 saturated carbocycles. The van der Waals surface area contributed by atoms with Gasteiger partial charge in [-0.2, -0.15) is 0 Å². The van der Waals surface area contributed by atoms with Crippen molar-refractivity contribution in [3.8, 4) is 17.2 Å². The summed E-state index contributed by atoms with van der Waals surface area (Å²) in [7, 11) is -3.58. The Morgan fingerprint density at radius 1 is 0.825 bits per heavy atom. The quantitative estimate of drug-likeness (QED) is 0.177. The Kier molecular flexibility index (Phi) is 10.2. The van der Waals surface area contributed by atoms with E-state index >= 15 is 0 Å². The van der Waals surface area contributed by atoms with Crippen LogP contribution in [-0.2, 0) is 23.1 Å². The van der Waals surface area contributed by atoms with E-state index in [9.17, 15) is 18.6 Å². The van der Waals surface area contributed by atoms with Gasteiger partial charge in [-0.3, -0.25) is 4.72 Å². The van der Waals surface area contributed by atoms with Crippen LogP contribution in [0.3, 0.4) is 0 Å². The standard InChI is InChI=1S/C31H34N2O6S/c1-40(36,37)33-29-19-25(14-17-31(29)38-22-24-8-4-2-5-9-24)30(35)20-32-26(21-34)18-23-12-15-28(16-13-23)39-27-10-6-3-7-11-27/h2-17,19,26,30,32-35H,18,20-22H2,1H3/t26-,30?/m0/s1. The lowest BCUT2D eigenvalue weighted by Gasteiger charge is -2.21. The molecule has 0 aliphatic heterocycles. The van der Waals surface area contributed by atoms with Crippen LogP contribution in [0, 0.1) is 0 Å². The van der Waals surface area contributed by atoms with E-state index in [1.165, 1.54) is 0 Å². The fourth-order valence-electron chi connectivity index (χ4n) is 4.10. The van der Waals surface area contributed by atoms with E-state index < -0.39 is 16.1 Å². The molecule has 1 unspecified atom stereocenters. The number of benzene rings is 4. The number of hydrogen-bond acceptors (Lipinski definition) is 7. The van der Waals surface area contributed by atoms with Gasteiger partial charge in [0.05, 0.1) is 24.7 Å². The summed E-state index contributed by atoms with van der Waals surface area (Å²) >= 11 is 0. The maximum atomic E-state index is 12.0. The van der Waals surface area contributed by atoms with Gasteiger partial charge in [0.2, 0.25) is 10.0 Å². The Labute approximate surface area is 235 Å². The molecule has 4 rings (SSSR count). The third-order valence-electron chi connectivity index (χ3n) is 6.13. The van der Waals surface area contributed by atoms with E-state index in [-0.39, 0.29) is 31.5 Å². The van der Waals surface area contributed by atoms with Gasteiger partial charge >= 0.3 is 0 Å². The molecule has 8 nitrogen and oxygen atoms in total. The molecule has 0 saturated heterocycles. The molecule has 4 N–H and O–H groups in total. The van der Waals surface area contributed by atoms with Crippen molar-refractivity contribution in [2.45, 2.75) is 25.2 Å². The van der Waals surface area contributed by atoms with Crippen LogP contribution >= 0.6 is 0 Å². The van der Waals surface area contributed by atoms with Gasteiger partial charge in [0, 0.05) is 12.6 Å². The van der Waals surface area contributed by atoms with E-state index in [1.807, 2.05) is 84.9 Å². The van der Waals surface area contributed by atoms with Crippen LogP contribution in [0.1, 0.15) is 22.8 Å². The van der Waals surface area contributed by atoms with Crippen molar-refractivity contribution in [1.82, 2.24) is 5.32 Å². The predicted octanol–water partition coefficient (Wildman–Crippen LogP) is 4.66. The Balaban J connectivity index is 1.36. The Morgan fingerprint density at radius 2 is 1.48 bits per heavy atom. The molecule has 0 aliphatic carbocycles. The maximum absolute atomic E-state index is 12.0. The molecule has 0 spiro atoms. The SMILES string of the molecule is CS(=O)(=O)Nc1cc(C(O)CN[C@H](CO)Cc2ccc(Oc3ccccc3)cc2)ccc1OCc1ccccc1. The van der Waals surface area contributed by atoms with Gasteiger partial charge in [0.1, 0.15) is 23.9 Å². The minimum absolute atomic E-state index is 0.123. The molecule has 0 aromatic heterocycles. The third-order valence-corrected chi connectivity index (χ3v) is 6.72. The zero-order chi connectivity index (χ0) is 28.4. The number of aliphatic hydroxyl groups excluding tert-OH is 2. The predicted molar refractivity (Wildman–Crippen MR) is 156 cm³/mol. The number of aliphatic hydroxyl groups is 2. The van der Waals surface area contributed by atoms with Gasteiger partial charge in [0.15, 0.2) is 0 Å². The molecule has 210 valence electrons. The lowest BCUT2D eigenvalue weighted by atomic mass is 10.0. The first kappa shape index (κ1) is 29.1. The van der Waals surface area contributed by atoms with Gasteiger partial charge in [0.25, 0.3) is 0 Å². The number of nitrogens with one attached hydrogen (secondary N) is 2. The van der Waals surface area contributed by atoms with E-state index in [4.69, 9.17) is 9.47 Å². The first-order valence-electron chi connectivity index (χ1n) is 12.9. The normalized spacial score (nSPS) is 12.9. The van der Waals surface area contributed by atoms with E-state index in [0.29, 0.717) is 23.5 Å². The summed E-state index contributed by atoms with van der Waals surface area (Å²) in [6.45, 7) is 0.297. The monoisotopic (exact) mass is 562 g/mol. The number of hydrogen-bond donors (Lipinski definition) is 4. The summed E-state index contributed by atoms with van der Waals surface area (Å²) in [5, 5.41) is 24.0. The minimum Gasteiger partial charge on any atom is -0.487 e. The highest BCUT2D eigenvalue weighted by molar-refractivity contribution is 7.92. The lowest BCUT2D eigenvalue weighted by molar-refractivity contribution is 0.158. The second kappa shape index (κ2) is 14.0. The second-order valence-corrected chi connectivity index (χ2v) is 11.2. The largest absolute Gasteiger partial charge is 0.487 e. The highest BCUT2D eigenvalue weighted by Gasteiger charge is 2.17. The first-order chi connectivity index (χ1) is 19.3. The zero-order valence-corrected chi connectivity index (χ0v) is 23.1. The van der Waals surface area contributed by atoms with Crippen molar-refractivity contribution in [1.29, 1.82) is 0 Å². The van der Waals surface area contributed by atoms with E-state index in [0.717, 1.165) is 23.1 Å². The molecule has 40 heavy (non-hydrogen) atoms. The number of para-hydroxylation sites is 1. The molecule has 4 aromatic rings. The summed E-state index contributed by atoms with van der Waals surface area (Å²) in [5.74, 6) is 1.82. The molecule has 0 aliphatic rings. The van der Waals surface area contributed by atoms with Crippen molar-refractivity contribution < 1.29 is 28.1 Å². The molecule has 4 aromatic carbocycles. The summed E-state index contributed by atoms with van der Waals surface area (Å²) in [5.41, 5.74) is 2.69.